The minimum atomic E-state index is -0.392. The predicted octanol–water partition coefficient (Wildman–Crippen LogP) is 3.14. The molecule has 0 unspecified atom stereocenters. The van der Waals surface area contributed by atoms with Crippen molar-refractivity contribution in [3.63, 3.8) is 0 Å². The Morgan fingerprint density at radius 2 is 1.77 bits per heavy atom. The number of nitrogens with zero attached hydrogens (tertiary/aromatic N) is 4. The highest BCUT2D eigenvalue weighted by molar-refractivity contribution is 5.72. The molecule has 4 aromatic rings. The van der Waals surface area contributed by atoms with Crippen LogP contribution in [0.5, 0.6) is 0 Å². The summed E-state index contributed by atoms with van der Waals surface area (Å²) in [5.74, 6) is 0. The third kappa shape index (κ3) is 3.41. The Bertz CT molecular complexity index is 1320. The van der Waals surface area contributed by atoms with Crippen molar-refractivity contribution >= 4 is 11.2 Å². The van der Waals surface area contributed by atoms with E-state index < -0.39 is 5.69 Å². The van der Waals surface area contributed by atoms with Crippen LogP contribution in [0.15, 0.2) is 76.6 Å². The Balaban J connectivity index is 1.77. The maximum atomic E-state index is 13.6. The minimum absolute atomic E-state index is 0.114. The standard InChI is InChI=1S/C24H24N4O3/c1-17(18-9-4-2-5-10-18)27-16-25-22-21(27)23(29)26(15-20-13-8-14-31-20)24(30)28(22)19-11-6-3-7-12-19/h2-7,9-12,16-17,20H,8,13-15H2,1H3/t17-,20-/m0/s1. The van der Waals surface area contributed by atoms with Crippen molar-refractivity contribution in [1.29, 1.82) is 0 Å². The molecule has 3 heterocycles. The Morgan fingerprint density at radius 1 is 1.06 bits per heavy atom. The van der Waals surface area contributed by atoms with E-state index in [-0.39, 0.29) is 24.2 Å². The Hall–Kier alpha value is -3.45. The van der Waals surface area contributed by atoms with E-state index in [9.17, 15) is 9.59 Å². The molecule has 7 nitrogen and oxygen atoms in total. The quantitative estimate of drug-likeness (QED) is 0.501. The van der Waals surface area contributed by atoms with E-state index in [1.54, 1.807) is 6.33 Å². The molecular formula is C24H24N4O3. The van der Waals surface area contributed by atoms with Crippen LogP contribution in [0.25, 0.3) is 16.9 Å². The topological polar surface area (TPSA) is 71.1 Å². The average molecular weight is 416 g/mol. The number of para-hydroxylation sites is 1. The molecule has 1 saturated heterocycles. The molecule has 1 aliphatic heterocycles. The van der Waals surface area contributed by atoms with Gasteiger partial charge >= 0.3 is 5.69 Å². The molecule has 0 spiro atoms. The van der Waals surface area contributed by atoms with E-state index in [0.29, 0.717) is 23.5 Å². The van der Waals surface area contributed by atoms with Gasteiger partial charge in [-0.3, -0.25) is 9.36 Å². The number of hydrogen-bond acceptors (Lipinski definition) is 4. The molecule has 2 atom stereocenters. The molecule has 5 rings (SSSR count). The number of rotatable bonds is 5. The van der Waals surface area contributed by atoms with Gasteiger partial charge in [0, 0.05) is 6.61 Å². The molecule has 0 radical (unpaired) electrons. The molecule has 0 N–H and O–H groups in total. The second kappa shape index (κ2) is 8.00. The van der Waals surface area contributed by atoms with E-state index in [1.165, 1.54) is 9.13 Å². The van der Waals surface area contributed by atoms with Gasteiger partial charge in [0.15, 0.2) is 11.2 Å². The average Bonchev–Trinajstić information content (AvgIpc) is 3.48. The zero-order valence-electron chi connectivity index (χ0n) is 17.3. The van der Waals surface area contributed by atoms with Crippen molar-refractivity contribution in [3.8, 4) is 5.69 Å². The first-order valence-corrected chi connectivity index (χ1v) is 10.6. The lowest BCUT2D eigenvalue weighted by atomic mass is 10.1. The molecule has 158 valence electrons. The van der Waals surface area contributed by atoms with Crippen molar-refractivity contribution in [1.82, 2.24) is 18.7 Å². The van der Waals surface area contributed by atoms with E-state index in [0.717, 1.165) is 18.4 Å². The maximum Gasteiger partial charge on any atom is 0.337 e. The van der Waals surface area contributed by atoms with Gasteiger partial charge in [-0.05, 0) is 37.5 Å². The summed E-state index contributed by atoms with van der Waals surface area (Å²) in [5, 5.41) is 0. The van der Waals surface area contributed by atoms with Crippen LogP contribution in [-0.2, 0) is 11.3 Å². The first-order valence-electron chi connectivity index (χ1n) is 10.6. The molecule has 2 aromatic carbocycles. The SMILES string of the molecule is C[C@@H](c1ccccc1)n1cnc2c1c(=O)n(C[C@@H]1CCCO1)c(=O)n2-c1ccccc1. The first-order chi connectivity index (χ1) is 15.1. The Morgan fingerprint density at radius 3 is 2.45 bits per heavy atom. The highest BCUT2D eigenvalue weighted by Gasteiger charge is 2.24. The van der Waals surface area contributed by atoms with Crippen LogP contribution < -0.4 is 11.2 Å². The van der Waals surface area contributed by atoms with Gasteiger partial charge in [0.2, 0.25) is 0 Å². The third-order valence-electron chi connectivity index (χ3n) is 5.98. The second-order valence-corrected chi connectivity index (χ2v) is 7.92. The summed E-state index contributed by atoms with van der Waals surface area (Å²) >= 11 is 0. The highest BCUT2D eigenvalue weighted by Crippen LogP contribution is 2.22. The number of benzene rings is 2. The molecule has 0 saturated carbocycles. The van der Waals surface area contributed by atoms with Gasteiger partial charge in [0.1, 0.15) is 0 Å². The zero-order valence-corrected chi connectivity index (χ0v) is 17.3. The summed E-state index contributed by atoms with van der Waals surface area (Å²) in [6.45, 7) is 2.93. The minimum Gasteiger partial charge on any atom is -0.376 e. The third-order valence-corrected chi connectivity index (χ3v) is 5.98. The predicted molar refractivity (Wildman–Crippen MR) is 119 cm³/mol. The summed E-state index contributed by atoms with van der Waals surface area (Å²) in [4.78, 5) is 31.6. The van der Waals surface area contributed by atoms with Gasteiger partial charge < -0.3 is 9.30 Å². The number of imidazole rings is 1. The van der Waals surface area contributed by atoms with Crippen molar-refractivity contribution < 1.29 is 4.74 Å². The van der Waals surface area contributed by atoms with Crippen molar-refractivity contribution in [2.24, 2.45) is 0 Å². The molecule has 2 aromatic heterocycles. The van der Waals surface area contributed by atoms with Crippen LogP contribution in [0.1, 0.15) is 31.4 Å². The van der Waals surface area contributed by atoms with Crippen LogP contribution in [0.4, 0.5) is 0 Å². The molecule has 7 heteroatoms. The summed E-state index contributed by atoms with van der Waals surface area (Å²) in [5.41, 5.74) is 1.80. The van der Waals surface area contributed by atoms with Gasteiger partial charge in [-0.2, -0.15) is 0 Å². The summed E-state index contributed by atoms with van der Waals surface area (Å²) in [6.07, 6.45) is 3.31. The summed E-state index contributed by atoms with van der Waals surface area (Å²) in [6, 6.07) is 19.2. The monoisotopic (exact) mass is 416 g/mol. The van der Waals surface area contributed by atoms with Crippen LogP contribution >= 0.6 is 0 Å². The van der Waals surface area contributed by atoms with Gasteiger partial charge in [0.05, 0.1) is 30.7 Å². The fourth-order valence-electron chi connectivity index (χ4n) is 4.30. The summed E-state index contributed by atoms with van der Waals surface area (Å²) < 4.78 is 10.4. The van der Waals surface area contributed by atoms with Gasteiger partial charge in [0.25, 0.3) is 5.56 Å². The fraction of sp³-hybridized carbons (Fsp3) is 0.292. The van der Waals surface area contributed by atoms with Crippen LogP contribution in [-0.4, -0.2) is 31.4 Å². The van der Waals surface area contributed by atoms with Crippen LogP contribution in [0.2, 0.25) is 0 Å². The van der Waals surface area contributed by atoms with E-state index in [4.69, 9.17) is 4.74 Å². The van der Waals surface area contributed by atoms with Crippen LogP contribution in [0.3, 0.4) is 0 Å². The normalized spacial score (nSPS) is 17.3. The van der Waals surface area contributed by atoms with Crippen molar-refractivity contribution in [3.05, 3.63) is 93.4 Å². The Kier molecular flexibility index (Phi) is 5.03. The fourth-order valence-corrected chi connectivity index (χ4v) is 4.30. The number of aromatic nitrogens is 4. The van der Waals surface area contributed by atoms with E-state index >= 15 is 0 Å². The molecule has 0 bridgehead atoms. The lowest BCUT2D eigenvalue weighted by molar-refractivity contribution is 0.0950. The number of fused-ring (bicyclic) bond motifs is 1. The molecule has 0 amide bonds. The summed E-state index contributed by atoms with van der Waals surface area (Å²) in [7, 11) is 0. The first kappa shape index (κ1) is 19.5. The van der Waals surface area contributed by atoms with Crippen molar-refractivity contribution in [2.45, 2.75) is 38.5 Å². The van der Waals surface area contributed by atoms with Gasteiger partial charge in [-0.1, -0.05) is 48.5 Å². The largest absolute Gasteiger partial charge is 0.376 e. The lowest BCUT2D eigenvalue weighted by Crippen LogP contribution is -2.42. The van der Waals surface area contributed by atoms with Crippen molar-refractivity contribution in [2.75, 3.05) is 6.61 Å². The number of ether oxygens (including phenoxy) is 1. The Labute approximate surface area is 179 Å². The maximum absolute atomic E-state index is 13.6. The van der Waals surface area contributed by atoms with Gasteiger partial charge in [-0.15, -0.1) is 0 Å². The van der Waals surface area contributed by atoms with E-state index in [2.05, 4.69) is 4.98 Å². The van der Waals surface area contributed by atoms with Gasteiger partial charge in [-0.25, -0.2) is 14.3 Å². The molecule has 0 aliphatic carbocycles. The molecule has 31 heavy (non-hydrogen) atoms. The van der Waals surface area contributed by atoms with Crippen LogP contribution in [0, 0.1) is 0 Å². The highest BCUT2D eigenvalue weighted by atomic mass is 16.5. The van der Waals surface area contributed by atoms with E-state index in [1.807, 2.05) is 72.2 Å². The molecular weight excluding hydrogens is 392 g/mol. The smallest absolute Gasteiger partial charge is 0.337 e. The number of hydrogen-bond donors (Lipinski definition) is 0. The molecule has 1 fully saturated rings. The second-order valence-electron chi connectivity index (χ2n) is 7.92. The zero-order chi connectivity index (χ0) is 21.4. The lowest BCUT2D eigenvalue weighted by Gasteiger charge is -2.17. The molecule has 1 aliphatic rings.